The molecule has 1 aromatic carbocycles. The maximum atomic E-state index is 13.0. The highest BCUT2D eigenvalue weighted by atomic mass is 19.4. The number of amides is 2. The lowest BCUT2D eigenvalue weighted by atomic mass is 10.2. The van der Waals surface area contributed by atoms with Crippen LogP contribution in [0, 0.1) is 0 Å². The summed E-state index contributed by atoms with van der Waals surface area (Å²) < 4.78 is 45.6. The van der Waals surface area contributed by atoms with Gasteiger partial charge in [0.1, 0.15) is 0 Å². The lowest BCUT2D eigenvalue weighted by molar-refractivity contribution is -0.137. The maximum absolute atomic E-state index is 13.0. The fraction of sp³-hybridized carbons (Fsp3) is 0.476. The van der Waals surface area contributed by atoms with Crippen LogP contribution in [0.1, 0.15) is 29.4 Å². The minimum absolute atomic E-state index is 0.0269. The van der Waals surface area contributed by atoms with Crippen LogP contribution in [0.4, 0.5) is 13.2 Å². The summed E-state index contributed by atoms with van der Waals surface area (Å²) in [7, 11) is 1.37. The zero-order valence-electron chi connectivity index (χ0n) is 18.0. The van der Waals surface area contributed by atoms with Gasteiger partial charge in [-0.3, -0.25) is 14.5 Å². The molecule has 1 aliphatic rings. The molecule has 1 aromatic heterocycles. The molecule has 8 nitrogen and oxygen atoms in total. The predicted molar refractivity (Wildman–Crippen MR) is 111 cm³/mol. The van der Waals surface area contributed by atoms with E-state index >= 15 is 0 Å². The molecule has 0 spiro atoms. The van der Waals surface area contributed by atoms with Crippen molar-refractivity contribution in [2.24, 2.45) is 0 Å². The molecular formula is C21H26F3N5O3. The van der Waals surface area contributed by atoms with E-state index in [1.165, 1.54) is 30.1 Å². The van der Waals surface area contributed by atoms with Crippen LogP contribution in [0.2, 0.25) is 0 Å². The van der Waals surface area contributed by atoms with Gasteiger partial charge in [-0.05, 0) is 24.6 Å². The largest absolute Gasteiger partial charge is 0.493 e. The number of benzene rings is 1. The first-order chi connectivity index (χ1) is 15.2. The van der Waals surface area contributed by atoms with Gasteiger partial charge in [0.15, 0.2) is 11.4 Å². The van der Waals surface area contributed by atoms with Crippen molar-refractivity contribution in [3.05, 3.63) is 41.7 Å². The van der Waals surface area contributed by atoms with Crippen LogP contribution in [0.15, 0.2) is 30.5 Å². The molecule has 1 aliphatic heterocycles. The molecule has 1 N–H and O–H groups in total. The van der Waals surface area contributed by atoms with Gasteiger partial charge in [-0.1, -0.05) is 13.0 Å². The molecule has 2 heterocycles. The first-order valence-corrected chi connectivity index (χ1v) is 10.3. The molecule has 11 heteroatoms. The Labute approximate surface area is 183 Å². The van der Waals surface area contributed by atoms with Crippen LogP contribution in [-0.4, -0.2) is 77.8 Å². The third-order valence-corrected chi connectivity index (χ3v) is 5.14. The van der Waals surface area contributed by atoms with Crippen molar-refractivity contribution in [2.45, 2.75) is 19.5 Å². The number of hydrogen-bond acceptors (Lipinski definition) is 5. The number of alkyl halides is 3. The van der Waals surface area contributed by atoms with Gasteiger partial charge in [-0.25, -0.2) is 4.68 Å². The normalized spacial score (nSPS) is 15.0. The lowest BCUT2D eigenvalue weighted by Crippen LogP contribution is -2.51. The molecule has 1 saturated heterocycles. The van der Waals surface area contributed by atoms with E-state index in [1.54, 1.807) is 4.90 Å². The Morgan fingerprint density at radius 1 is 1.19 bits per heavy atom. The Hall–Kier alpha value is -3.08. The van der Waals surface area contributed by atoms with Gasteiger partial charge >= 0.3 is 6.18 Å². The molecule has 0 saturated carbocycles. The van der Waals surface area contributed by atoms with E-state index < -0.39 is 11.7 Å². The van der Waals surface area contributed by atoms with E-state index in [0.717, 1.165) is 18.6 Å². The van der Waals surface area contributed by atoms with Crippen molar-refractivity contribution >= 4 is 11.8 Å². The number of rotatable bonds is 7. The third kappa shape index (κ3) is 5.58. The minimum Gasteiger partial charge on any atom is -0.493 e. The number of carbonyl (C=O) groups is 2. The third-order valence-electron chi connectivity index (χ3n) is 5.14. The zero-order chi connectivity index (χ0) is 23.3. The molecule has 3 rings (SSSR count). The Balaban J connectivity index is 1.69. The number of piperazine rings is 1. The highest BCUT2D eigenvalue weighted by molar-refractivity contribution is 5.95. The number of ether oxygens (including phenoxy) is 1. The van der Waals surface area contributed by atoms with E-state index in [9.17, 15) is 22.8 Å². The molecule has 0 unspecified atom stereocenters. The summed E-state index contributed by atoms with van der Waals surface area (Å²) in [4.78, 5) is 28.5. The Morgan fingerprint density at radius 3 is 2.53 bits per heavy atom. The summed E-state index contributed by atoms with van der Waals surface area (Å²) in [6.45, 7) is 4.75. The van der Waals surface area contributed by atoms with E-state index in [1.807, 2.05) is 11.8 Å². The number of carbonyl (C=O) groups excluding carboxylic acids is 2. The summed E-state index contributed by atoms with van der Waals surface area (Å²) in [6.07, 6.45) is -2.24. The quantitative estimate of drug-likeness (QED) is 0.695. The zero-order valence-corrected chi connectivity index (χ0v) is 18.0. The Kier molecular flexibility index (Phi) is 7.39. The standard InChI is InChI=1S/C21H26F3N5O3/c1-3-7-25-18(30)14-27-8-10-28(11-9-27)20(31)19-17(32-2)13-29(26-19)16-6-4-5-15(12-16)21(22,23)24/h4-6,12-13H,3,7-11,14H2,1-2H3,(H,25,30). The summed E-state index contributed by atoms with van der Waals surface area (Å²) in [6, 6.07) is 4.68. The van der Waals surface area contributed by atoms with Crippen molar-refractivity contribution in [3.63, 3.8) is 0 Å². The first-order valence-electron chi connectivity index (χ1n) is 10.3. The van der Waals surface area contributed by atoms with Crippen LogP contribution < -0.4 is 10.1 Å². The monoisotopic (exact) mass is 453 g/mol. The molecule has 0 aliphatic carbocycles. The fourth-order valence-electron chi connectivity index (χ4n) is 3.39. The number of hydrogen-bond donors (Lipinski definition) is 1. The van der Waals surface area contributed by atoms with Crippen LogP contribution in [0.25, 0.3) is 5.69 Å². The molecule has 0 bridgehead atoms. The van der Waals surface area contributed by atoms with E-state index in [-0.39, 0.29) is 35.5 Å². The molecule has 1 fully saturated rings. The highest BCUT2D eigenvalue weighted by Crippen LogP contribution is 2.31. The smallest absolute Gasteiger partial charge is 0.416 e. The van der Waals surface area contributed by atoms with Crippen molar-refractivity contribution in [1.82, 2.24) is 24.9 Å². The van der Waals surface area contributed by atoms with E-state index in [2.05, 4.69) is 10.4 Å². The number of aromatic nitrogens is 2. The number of halogens is 3. The number of methoxy groups -OCH3 is 1. The van der Waals surface area contributed by atoms with Crippen molar-refractivity contribution in [3.8, 4) is 11.4 Å². The van der Waals surface area contributed by atoms with Gasteiger partial charge in [0, 0.05) is 32.7 Å². The topological polar surface area (TPSA) is 79.7 Å². The summed E-state index contributed by atoms with van der Waals surface area (Å²) in [5.41, 5.74) is -0.615. The maximum Gasteiger partial charge on any atom is 0.416 e. The van der Waals surface area contributed by atoms with E-state index in [4.69, 9.17) is 4.74 Å². The van der Waals surface area contributed by atoms with E-state index in [0.29, 0.717) is 32.7 Å². The molecule has 2 aromatic rings. The van der Waals surface area contributed by atoms with Crippen molar-refractivity contribution < 1.29 is 27.5 Å². The molecule has 2 amide bonds. The van der Waals surface area contributed by atoms with Crippen LogP contribution in [0.5, 0.6) is 5.75 Å². The second-order valence-electron chi connectivity index (χ2n) is 7.46. The van der Waals surface area contributed by atoms with Gasteiger partial charge in [0.05, 0.1) is 31.1 Å². The summed E-state index contributed by atoms with van der Waals surface area (Å²) in [5, 5.41) is 7.03. The van der Waals surface area contributed by atoms with Crippen LogP contribution in [0.3, 0.4) is 0 Å². The second-order valence-corrected chi connectivity index (χ2v) is 7.46. The molecular weight excluding hydrogens is 427 g/mol. The van der Waals surface area contributed by atoms with Crippen LogP contribution in [-0.2, 0) is 11.0 Å². The summed E-state index contributed by atoms with van der Waals surface area (Å²) in [5.74, 6) is -0.246. The molecule has 174 valence electrons. The summed E-state index contributed by atoms with van der Waals surface area (Å²) >= 11 is 0. The average Bonchev–Trinajstić information content (AvgIpc) is 3.22. The Bertz CT molecular complexity index is 952. The minimum atomic E-state index is -4.49. The van der Waals surface area contributed by atoms with Gasteiger partial charge in [0.2, 0.25) is 5.91 Å². The SMILES string of the molecule is CCCNC(=O)CN1CCN(C(=O)c2nn(-c3cccc(C(F)(F)F)c3)cc2OC)CC1. The number of nitrogens with one attached hydrogen (secondary N) is 1. The lowest BCUT2D eigenvalue weighted by Gasteiger charge is -2.34. The van der Waals surface area contributed by atoms with Crippen LogP contribution >= 0.6 is 0 Å². The van der Waals surface area contributed by atoms with Crippen molar-refractivity contribution in [2.75, 3.05) is 46.4 Å². The Morgan fingerprint density at radius 2 is 1.91 bits per heavy atom. The van der Waals surface area contributed by atoms with Gasteiger partial charge in [0.25, 0.3) is 5.91 Å². The number of nitrogens with zero attached hydrogens (tertiary/aromatic N) is 4. The highest BCUT2D eigenvalue weighted by Gasteiger charge is 2.31. The average molecular weight is 453 g/mol. The fourth-order valence-corrected chi connectivity index (χ4v) is 3.39. The van der Waals surface area contributed by atoms with Gasteiger partial charge in [-0.2, -0.15) is 18.3 Å². The predicted octanol–water partition coefficient (Wildman–Crippen LogP) is 2.18. The molecule has 32 heavy (non-hydrogen) atoms. The van der Waals surface area contributed by atoms with Gasteiger partial charge < -0.3 is 15.0 Å². The second kappa shape index (κ2) is 10.0. The molecule has 0 atom stereocenters. The van der Waals surface area contributed by atoms with Gasteiger partial charge in [-0.15, -0.1) is 0 Å². The first kappa shape index (κ1) is 23.6. The van der Waals surface area contributed by atoms with Crippen molar-refractivity contribution in [1.29, 1.82) is 0 Å². The molecule has 0 radical (unpaired) electrons.